The number of ether oxygens (including phenoxy) is 1. The van der Waals surface area contributed by atoms with Crippen molar-refractivity contribution >= 4 is 40.4 Å². The van der Waals surface area contributed by atoms with Crippen LogP contribution >= 0.6 is 11.6 Å². The van der Waals surface area contributed by atoms with Gasteiger partial charge in [-0.2, -0.15) is 0 Å². The molecule has 0 aliphatic carbocycles. The van der Waals surface area contributed by atoms with Crippen molar-refractivity contribution in [3.63, 3.8) is 0 Å². The minimum atomic E-state index is -0.307. The van der Waals surface area contributed by atoms with Crippen molar-refractivity contribution in [3.05, 3.63) is 53.1 Å². The molecular weight excluding hydrogens is 376 g/mol. The molecule has 1 spiro atoms. The van der Waals surface area contributed by atoms with Gasteiger partial charge in [0.05, 0.1) is 29.1 Å². The summed E-state index contributed by atoms with van der Waals surface area (Å²) < 4.78 is 5.59. The molecule has 1 saturated heterocycles. The minimum absolute atomic E-state index is 0.112. The highest BCUT2D eigenvalue weighted by atomic mass is 35.5. The Bertz CT molecular complexity index is 922. The van der Waals surface area contributed by atoms with Gasteiger partial charge >= 0.3 is 0 Å². The lowest BCUT2D eigenvalue weighted by atomic mass is 9.85. The van der Waals surface area contributed by atoms with Gasteiger partial charge in [0.25, 0.3) is 0 Å². The fourth-order valence-corrected chi connectivity index (χ4v) is 3.93. The van der Waals surface area contributed by atoms with Crippen molar-refractivity contribution in [1.82, 2.24) is 0 Å². The first-order valence-corrected chi connectivity index (χ1v) is 9.76. The van der Waals surface area contributed by atoms with E-state index in [1.807, 2.05) is 42.5 Å². The molecule has 2 aliphatic heterocycles. The molecule has 2 heterocycles. The van der Waals surface area contributed by atoms with E-state index in [1.165, 1.54) is 6.92 Å². The first kappa shape index (κ1) is 18.8. The van der Waals surface area contributed by atoms with Gasteiger partial charge in [-0.05, 0) is 29.8 Å². The van der Waals surface area contributed by atoms with E-state index in [-0.39, 0.29) is 11.4 Å². The molecule has 0 radical (unpaired) electrons. The van der Waals surface area contributed by atoms with E-state index in [9.17, 15) is 4.79 Å². The number of halogens is 1. The number of rotatable bonds is 3. The largest absolute Gasteiger partial charge is 0.381 e. The molecule has 2 aromatic carbocycles. The van der Waals surface area contributed by atoms with E-state index >= 15 is 0 Å². The van der Waals surface area contributed by atoms with Crippen LogP contribution in [-0.4, -0.2) is 30.5 Å². The molecule has 0 atom stereocenters. The summed E-state index contributed by atoms with van der Waals surface area (Å²) in [4.78, 5) is 16.5. The number of para-hydroxylation sites is 1. The highest BCUT2D eigenvalue weighted by Gasteiger charge is 2.42. The van der Waals surface area contributed by atoms with Crippen molar-refractivity contribution < 1.29 is 9.53 Å². The standard InChI is InChI=1S/C21H23ClN4O2/c1-14(27)24-17-6-3-7-18-19(17)25-20(21(26-18)8-10-28-11-9-21)23-13-15-4-2-5-16(22)12-15/h2-7,12,26H,8-11,13H2,1H3,(H,23,25)(H,24,27). The smallest absolute Gasteiger partial charge is 0.221 e. The summed E-state index contributed by atoms with van der Waals surface area (Å²) in [7, 11) is 0. The van der Waals surface area contributed by atoms with Crippen molar-refractivity contribution in [2.24, 2.45) is 4.99 Å². The van der Waals surface area contributed by atoms with Gasteiger partial charge in [-0.1, -0.05) is 29.8 Å². The Morgan fingerprint density at radius 3 is 2.79 bits per heavy atom. The van der Waals surface area contributed by atoms with Crippen LogP contribution in [0.3, 0.4) is 0 Å². The van der Waals surface area contributed by atoms with Crippen LogP contribution in [0.15, 0.2) is 47.5 Å². The lowest BCUT2D eigenvalue weighted by molar-refractivity contribution is -0.114. The van der Waals surface area contributed by atoms with Crippen LogP contribution < -0.4 is 16.0 Å². The molecule has 2 aliphatic rings. The Kier molecular flexibility index (Phi) is 5.24. The Morgan fingerprint density at radius 1 is 1.25 bits per heavy atom. The van der Waals surface area contributed by atoms with Crippen molar-refractivity contribution in [2.45, 2.75) is 31.8 Å². The van der Waals surface area contributed by atoms with Gasteiger partial charge in [-0.15, -0.1) is 0 Å². The van der Waals surface area contributed by atoms with Gasteiger partial charge in [-0.25, -0.2) is 0 Å². The third kappa shape index (κ3) is 3.84. The topological polar surface area (TPSA) is 74.8 Å². The number of nitrogens with one attached hydrogen (secondary N) is 3. The Balaban J connectivity index is 1.70. The first-order chi connectivity index (χ1) is 13.6. The SMILES string of the molecule is CC(=O)Nc1cccc2c1NC(=NCc1cccc(Cl)c1)C1(CCOCC1)N2. The monoisotopic (exact) mass is 398 g/mol. The number of anilines is 3. The normalized spacial score (nSPS) is 18.9. The van der Waals surface area contributed by atoms with Gasteiger partial charge in [0.2, 0.25) is 5.91 Å². The van der Waals surface area contributed by atoms with Gasteiger partial charge < -0.3 is 20.7 Å². The number of hydrogen-bond acceptors (Lipinski definition) is 4. The van der Waals surface area contributed by atoms with Crippen LogP contribution in [0.1, 0.15) is 25.3 Å². The molecule has 0 bridgehead atoms. The lowest BCUT2D eigenvalue weighted by Gasteiger charge is -2.44. The molecule has 1 fully saturated rings. The summed E-state index contributed by atoms with van der Waals surface area (Å²) in [6.45, 7) is 3.37. The highest BCUT2D eigenvalue weighted by Crippen LogP contribution is 2.40. The number of aliphatic imine (C=N–C) groups is 1. The molecule has 4 rings (SSSR count). The van der Waals surface area contributed by atoms with Crippen molar-refractivity contribution in [3.8, 4) is 0 Å². The summed E-state index contributed by atoms with van der Waals surface area (Å²) in [6, 6.07) is 13.5. The number of amides is 1. The Morgan fingerprint density at radius 2 is 2.04 bits per heavy atom. The third-order valence-electron chi connectivity index (χ3n) is 5.10. The molecule has 6 nitrogen and oxygen atoms in total. The van der Waals surface area contributed by atoms with E-state index < -0.39 is 0 Å². The van der Waals surface area contributed by atoms with Crippen molar-refractivity contribution in [2.75, 3.05) is 29.2 Å². The van der Waals surface area contributed by atoms with Gasteiger partial charge in [0.15, 0.2) is 0 Å². The fourth-order valence-electron chi connectivity index (χ4n) is 3.72. The van der Waals surface area contributed by atoms with Crippen LogP contribution in [0.25, 0.3) is 0 Å². The number of amidine groups is 1. The van der Waals surface area contributed by atoms with Gasteiger partial charge in [0, 0.05) is 38.0 Å². The molecule has 0 aromatic heterocycles. The number of fused-ring (bicyclic) bond motifs is 1. The Labute approximate surface area is 169 Å². The quantitative estimate of drug-likeness (QED) is 0.721. The summed E-state index contributed by atoms with van der Waals surface area (Å²) >= 11 is 6.11. The number of carbonyl (C=O) groups excluding carboxylic acids is 1. The zero-order chi connectivity index (χ0) is 19.6. The maximum absolute atomic E-state index is 11.6. The van der Waals surface area contributed by atoms with Gasteiger partial charge in [-0.3, -0.25) is 9.79 Å². The third-order valence-corrected chi connectivity index (χ3v) is 5.34. The van der Waals surface area contributed by atoms with E-state index in [2.05, 4.69) is 16.0 Å². The number of nitrogens with zero attached hydrogens (tertiary/aromatic N) is 1. The maximum atomic E-state index is 11.6. The van der Waals surface area contributed by atoms with E-state index in [0.29, 0.717) is 24.8 Å². The molecule has 0 saturated carbocycles. The van der Waals surface area contributed by atoms with Crippen molar-refractivity contribution in [1.29, 1.82) is 0 Å². The maximum Gasteiger partial charge on any atom is 0.221 e. The lowest BCUT2D eigenvalue weighted by Crippen LogP contribution is -2.55. The summed E-state index contributed by atoms with van der Waals surface area (Å²) in [6.07, 6.45) is 1.64. The van der Waals surface area contributed by atoms with Crippen LogP contribution in [0, 0.1) is 0 Å². The van der Waals surface area contributed by atoms with Gasteiger partial charge in [0.1, 0.15) is 5.84 Å². The predicted octanol–water partition coefficient (Wildman–Crippen LogP) is 4.28. The molecule has 2 aromatic rings. The number of hydrogen-bond donors (Lipinski definition) is 3. The highest BCUT2D eigenvalue weighted by molar-refractivity contribution is 6.30. The predicted molar refractivity (Wildman–Crippen MR) is 113 cm³/mol. The van der Waals surface area contributed by atoms with E-state index in [0.717, 1.165) is 41.3 Å². The zero-order valence-corrected chi connectivity index (χ0v) is 16.5. The summed E-state index contributed by atoms with van der Waals surface area (Å²) in [5.74, 6) is 0.750. The molecule has 1 amide bonds. The van der Waals surface area contributed by atoms with Crippen LogP contribution in [-0.2, 0) is 16.1 Å². The molecule has 28 heavy (non-hydrogen) atoms. The van der Waals surface area contributed by atoms with E-state index in [1.54, 1.807) is 0 Å². The number of carbonyl (C=O) groups is 1. The first-order valence-electron chi connectivity index (χ1n) is 9.39. The zero-order valence-electron chi connectivity index (χ0n) is 15.7. The molecular formula is C21H23ClN4O2. The summed E-state index contributed by atoms with van der Waals surface area (Å²) in [5.41, 5.74) is 3.26. The minimum Gasteiger partial charge on any atom is -0.381 e. The average Bonchev–Trinajstić information content (AvgIpc) is 2.67. The fraction of sp³-hybridized carbons (Fsp3) is 0.333. The number of benzene rings is 2. The van der Waals surface area contributed by atoms with Crippen LogP contribution in [0.2, 0.25) is 5.02 Å². The Hall–Kier alpha value is -2.57. The average molecular weight is 399 g/mol. The second-order valence-corrected chi connectivity index (χ2v) is 7.58. The molecule has 7 heteroatoms. The second-order valence-electron chi connectivity index (χ2n) is 7.15. The summed E-state index contributed by atoms with van der Waals surface area (Å²) in [5, 5.41) is 10.8. The molecule has 146 valence electrons. The molecule has 0 unspecified atom stereocenters. The molecule has 3 N–H and O–H groups in total. The second kappa shape index (κ2) is 7.81. The van der Waals surface area contributed by atoms with Crippen LogP contribution in [0.5, 0.6) is 0 Å². The van der Waals surface area contributed by atoms with E-state index in [4.69, 9.17) is 21.3 Å². The van der Waals surface area contributed by atoms with Crippen LogP contribution in [0.4, 0.5) is 17.1 Å².